The van der Waals surface area contributed by atoms with E-state index in [-0.39, 0.29) is 18.6 Å². The molecule has 11 heteroatoms. The maximum absolute atomic E-state index is 12.9. The van der Waals surface area contributed by atoms with E-state index < -0.39 is 48.1 Å². The van der Waals surface area contributed by atoms with Crippen molar-refractivity contribution in [2.24, 2.45) is 0 Å². The van der Waals surface area contributed by atoms with Gasteiger partial charge in [0.05, 0.1) is 12.7 Å². The topological polar surface area (TPSA) is 124 Å². The van der Waals surface area contributed by atoms with Crippen molar-refractivity contribution in [3.8, 4) is 0 Å². The molecule has 47 heavy (non-hydrogen) atoms. The molecule has 4 heterocycles. The molecule has 2 aromatic rings. The van der Waals surface area contributed by atoms with Gasteiger partial charge in [0.25, 0.3) is 0 Å². The Bertz CT molecular complexity index is 1340. The van der Waals surface area contributed by atoms with Crippen LogP contribution in [-0.2, 0) is 34.9 Å². The minimum Gasteiger partial charge on any atom is -0.459 e. The number of carbonyl (C=O) groups is 2. The molecule has 3 fully saturated rings. The predicted octanol–water partition coefficient (Wildman–Crippen LogP) is 6.07. The molecule has 260 valence electrons. The van der Waals surface area contributed by atoms with Gasteiger partial charge in [-0.1, -0.05) is 38.3 Å². The van der Waals surface area contributed by atoms with Crippen LogP contribution in [-0.4, -0.2) is 77.3 Å². The first-order valence-electron chi connectivity index (χ1n) is 17.1. The minimum atomic E-state index is -1.11. The lowest BCUT2D eigenvalue weighted by molar-refractivity contribution is -0.175. The van der Waals surface area contributed by atoms with E-state index in [1.54, 1.807) is 19.9 Å². The second-order valence-electron chi connectivity index (χ2n) is 13.8. The van der Waals surface area contributed by atoms with Crippen LogP contribution in [0.15, 0.2) is 36.4 Å². The number of rotatable bonds is 15. The SMILES string of the molecule is CCCCCC(O)c1ccc(N2C(=O)CC[C@@H]2CCCc2ccc(C(=O)OCC(O)[C@H]3OC(C)(C)O[C@@H]3[C@H]3COC(C)(C)O3)s2)cc1. The van der Waals surface area contributed by atoms with Crippen LogP contribution in [0, 0.1) is 0 Å². The first-order chi connectivity index (χ1) is 22.4. The molecular weight excluding hydrogens is 622 g/mol. The van der Waals surface area contributed by atoms with E-state index in [9.17, 15) is 19.8 Å². The van der Waals surface area contributed by atoms with Gasteiger partial charge in [-0.2, -0.15) is 0 Å². The first-order valence-corrected chi connectivity index (χ1v) is 17.9. The fourth-order valence-electron chi connectivity index (χ4n) is 6.72. The Balaban J connectivity index is 1.08. The number of thiophene rings is 1. The molecule has 10 nitrogen and oxygen atoms in total. The van der Waals surface area contributed by atoms with Crippen LogP contribution < -0.4 is 4.90 Å². The van der Waals surface area contributed by atoms with Crippen molar-refractivity contribution in [3.63, 3.8) is 0 Å². The Morgan fingerprint density at radius 3 is 2.49 bits per heavy atom. The molecular formula is C36H51NO9S. The molecule has 6 atom stereocenters. The van der Waals surface area contributed by atoms with Gasteiger partial charge in [-0.3, -0.25) is 4.79 Å². The van der Waals surface area contributed by atoms with Gasteiger partial charge in [0.2, 0.25) is 5.91 Å². The zero-order valence-electron chi connectivity index (χ0n) is 28.3. The number of amides is 1. The van der Waals surface area contributed by atoms with Gasteiger partial charge in [-0.15, -0.1) is 11.3 Å². The van der Waals surface area contributed by atoms with Crippen LogP contribution >= 0.6 is 11.3 Å². The highest BCUT2D eigenvalue weighted by molar-refractivity contribution is 7.13. The Labute approximate surface area is 282 Å². The number of anilines is 1. The minimum absolute atomic E-state index is 0.122. The van der Waals surface area contributed by atoms with Crippen molar-refractivity contribution < 1.29 is 43.5 Å². The summed E-state index contributed by atoms with van der Waals surface area (Å²) >= 11 is 1.38. The number of nitrogens with zero attached hydrogens (tertiary/aromatic N) is 1. The van der Waals surface area contributed by atoms with Crippen LogP contribution in [0.4, 0.5) is 5.69 Å². The lowest BCUT2D eigenvalue weighted by Crippen LogP contribution is -2.45. The average molecular weight is 674 g/mol. The molecule has 0 aliphatic carbocycles. The number of hydrogen-bond donors (Lipinski definition) is 2. The van der Waals surface area contributed by atoms with E-state index in [4.69, 9.17) is 23.7 Å². The number of aryl methyl sites for hydroxylation is 1. The number of aliphatic hydroxyl groups excluding tert-OH is 2. The van der Waals surface area contributed by atoms with Crippen LogP contribution in [0.2, 0.25) is 0 Å². The van der Waals surface area contributed by atoms with Crippen molar-refractivity contribution in [1.82, 2.24) is 0 Å². The normalized spacial score (nSPS) is 26.5. The number of hydrogen-bond acceptors (Lipinski definition) is 10. The van der Waals surface area contributed by atoms with Crippen LogP contribution in [0.5, 0.6) is 0 Å². The molecule has 0 saturated carbocycles. The monoisotopic (exact) mass is 673 g/mol. The summed E-state index contributed by atoms with van der Waals surface area (Å²) < 4.78 is 29.1. The third-order valence-corrected chi connectivity index (χ3v) is 10.2. The first kappa shape index (κ1) is 35.9. The fourth-order valence-corrected chi connectivity index (χ4v) is 7.67. The molecule has 1 aromatic heterocycles. The van der Waals surface area contributed by atoms with Gasteiger partial charge in [0.1, 0.15) is 35.9 Å². The Kier molecular flexibility index (Phi) is 11.8. The van der Waals surface area contributed by atoms with Crippen molar-refractivity contribution >= 4 is 28.9 Å². The summed E-state index contributed by atoms with van der Waals surface area (Å²) in [5.74, 6) is -2.04. The van der Waals surface area contributed by atoms with Crippen LogP contribution in [0.25, 0.3) is 0 Å². The maximum Gasteiger partial charge on any atom is 0.348 e. The molecule has 3 saturated heterocycles. The van der Waals surface area contributed by atoms with E-state index in [1.807, 2.05) is 49.1 Å². The highest BCUT2D eigenvalue weighted by atomic mass is 32.1. The average Bonchev–Trinajstić information content (AvgIpc) is 3.81. The van der Waals surface area contributed by atoms with Gasteiger partial charge < -0.3 is 38.8 Å². The molecule has 3 aliphatic heterocycles. The summed E-state index contributed by atoms with van der Waals surface area (Å²) in [4.78, 5) is 29.1. The zero-order chi connectivity index (χ0) is 33.8. The molecule has 2 unspecified atom stereocenters. The highest BCUT2D eigenvalue weighted by Crippen LogP contribution is 2.37. The van der Waals surface area contributed by atoms with E-state index in [0.29, 0.717) is 17.9 Å². The third-order valence-electron chi connectivity index (χ3n) is 9.11. The molecule has 1 aromatic carbocycles. The van der Waals surface area contributed by atoms with Gasteiger partial charge >= 0.3 is 5.97 Å². The second kappa shape index (κ2) is 15.4. The summed E-state index contributed by atoms with van der Waals surface area (Å²) in [6, 6.07) is 11.6. The van der Waals surface area contributed by atoms with Gasteiger partial charge in [0, 0.05) is 23.0 Å². The number of carbonyl (C=O) groups excluding carboxylic acids is 2. The van der Waals surface area contributed by atoms with E-state index >= 15 is 0 Å². The van der Waals surface area contributed by atoms with E-state index in [0.717, 1.165) is 67.5 Å². The predicted molar refractivity (Wildman–Crippen MR) is 178 cm³/mol. The molecule has 2 N–H and O–H groups in total. The molecule has 0 spiro atoms. The summed E-state index contributed by atoms with van der Waals surface area (Å²) in [7, 11) is 0. The van der Waals surface area contributed by atoms with Crippen molar-refractivity contribution in [2.75, 3.05) is 18.1 Å². The standard InChI is InChI=1S/C36H51NO9S/c1-6-7-8-12-27(38)23-13-15-25(16-14-23)37-24(17-20-31(37)40)10-9-11-26-18-19-30(47-26)34(41)42-21-28(39)32-33(46-36(4,5)45-32)29-22-43-35(2,3)44-29/h13-16,18-19,24,27-29,32-33,38-39H,6-12,17,20-22H2,1-5H3/t24-,27?,28?,29+,32+,33+/m0/s1. The van der Waals surface area contributed by atoms with Crippen molar-refractivity contribution in [2.45, 2.75) is 141 Å². The highest BCUT2D eigenvalue weighted by Gasteiger charge is 2.52. The fraction of sp³-hybridized carbons (Fsp3) is 0.667. The smallest absolute Gasteiger partial charge is 0.348 e. The van der Waals surface area contributed by atoms with E-state index in [1.165, 1.54) is 11.3 Å². The van der Waals surface area contributed by atoms with Crippen LogP contribution in [0.1, 0.15) is 112 Å². The zero-order valence-corrected chi connectivity index (χ0v) is 29.1. The third kappa shape index (κ3) is 9.20. The quantitative estimate of drug-likeness (QED) is 0.171. The number of esters is 1. The van der Waals surface area contributed by atoms with Crippen LogP contribution in [0.3, 0.4) is 0 Å². The largest absolute Gasteiger partial charge is 0.459 e. The molecule has 0 radical (unpaired) electrons. The summed E-state index contributed by atoms with van der Waals surface area (Å²) in [6.45, 7) is 9.41. The Morgan fingerprint density at radius 1 is 1.02 bits per heavy atom. The maximum atomic E-state index is 12.9. The lowest BCUT2D eigenvalue weighted by atomic mass is 10.0. The summed E-state index contributed by atoms with van der Waals surface area (Å²) in [5.41, 5.74) is 1.77. The van der Waals surface area contributed by atoms with Crippen molar-refractivity contribution in [3.05, 3.63) is 51.7 Å². The van der Waals surface area contributed by atoms with Gasteiger partial charge in [-0.25, -0.2) is 4.79 Å². The number of unbranched alkanes of at least 4 members (excludes halogenated alkanes) is 2. The number of benzene rings is 1. The number of aliphatic hydroxyl groups is 2. The van der Waals surface area contributed by atoms with Gasteiger partial charge in [0.15, 0.2) is 11.6 Å². The van der Waals surface area contributed by atoms with Crippen molar-refractivity contribution in [1.29, 1.82) is 0 Å². The molecule has 5 rings (SSSR count). The Hall–Kier alpha value is -2.38. The molecule has 1 amide bonds. The summed E-state index contributed by atoms with van der Waals surface area (Å²) in [5, 5.41) is 21.5. The summed E-state index contributed by atoms with van der Waals surface area (Å²) in [6.07, 6.45) is 4.50. The van der Waals surface area contributed by atoms with Gasteiger partial charge in [-0.05, 0) is 89.6 Å². The Morgan fingerprint density at radius 2 is 1.79 bits per heavy atom. The second-order valence-corrected chi connectivity index (χ2v) is 15.0. The lowest BCUT2D eigenvalue weighted by Gasteiger charge is -2.26. The molecule has 0 bridgehead atoms. The van der Waals surface area contributed by atoms with E-state index in [2.05, 4.69) is 6.92 Å². The number of ether oxygens (including phenoxy) is 5. The molecule has 3 aliphatic rings.